The van der Waals surface area contributed by atoms with Gasteiger partial charge in [0.1, 0.15) is 18.1 Å². The predicted octanol–water partition coefficient (Wildman–Crippen LogP) is 4.90. The van der Waals surface area contributed by atoms with Crippen molar-refractivity contribution in [3.8, 4) is 11.5 Å². The number of hydrogen-bond acceptors (Lipinski definition) is 6. The van der Waals surface area contributed by atoms with Crippen molar-refractivity contribution in [2.45, 2.75) is 31.5 Å². The van der Waals surface area contributed by atoms with Crippen LogP contribution in [0.25, 0.3) is 5.57 Å². The number of benzene rings is 2. The van der Waals surface area contributed by atoms with E-state index in [0.717, 1.165) is 54.0 Å². The van der Waals surface area contributed by atoms with E-state index >= 15 is 0 Å². The van der Waals surface area contributed by atoms with Crippen LogP contribution in [0.15, 0.2) is 66.9 Å². The first-order valence-electron chi connectivity index (χ1n) is 12.4. The van der Waals surface area contributed by atoms with Crippen molar-refractivity contribution in [3.05, 3.63) is 94.3 Å². The molecule has 0 aliphatic carbocycles. The molecule has 0 spiro atoms. The number of ether oxygens (including phenoxy) is 2. The molecule has 0 saturated carbocycles. The third-order valence-electron chi connectivity index (χ3n) is 7.01. The second kappa shape index (κ2) is 10.9. The monoisotopic (exact) mass is 520 g/mol. The highest BCUT2D eigenvalue weighted by Crippen LogP contribution is 2.39. The van der Waals surface area contributed by atoms with Gasteiger partial charge in [-0.2, -0.15) is 0 Å². The van der Waals surface area contributed by atoms with E-state index < -0.39 is 18.2 Å². The Morgan fingerprint density at radius 3 is 2.68 bits per heavy atom. The quantitative estimate of drug-likeness (QED) is 0.458. The zero-order valence-corrected chi connectivity index (χ0v) is 21.2. The molecule has 0 amide bonds. The fourth-order valence-electron chi connectivity index (χ4n) is 4.98. The maximum atomic E-state index is 11.2. The fraction of sp³-hybridized carbons (Fsp3) is 0.310. The molecule has 0 unspecified atom stereocenters. The van der Waals surface area contributed by atoms with E-state index in [1.54, 1.807) is 12.3 Å². The number of likely N-dealkylation sites (tertiary alicyclic amines) is 1. The van der Waals surface area contributed by atoms with Crippen molar-refractivity contribution >= 4 is 23.1 Å². The third kappa shape index (κ3) is 5.80. The molecule has 3 heterocycles. The molecule has 1 aromatic heterocycles. The normalized spacial score (nSPS) is 17.8. The number of fused-ring (bicyclic) bond motifs is 2. The molecule has 192 valence electrons. The van der Waals surface area contributed by atoms with Gasteiger partial charge < -0.3 is 24.6 Å². The highest BCUT2D eigenvalue weighted by molar-refractivity contribution is 6.30. The lowest BCUT2D eigenvalue weighted by Crippen LogP contribution is -2.42. The Bertz CT molecular complexity index is 1300. The number of carboxylic acid groups (broad SMARTS) is 1. The number of halogens is 1. The molecule has 5 rings (SSSR count). The van der Waals surface area contributed by atoms with Gasteiger partial charge in [-0.1, -0.05) is 35.9 Å². The molecule has 1 saturated heterocycles. The molecular formula is C29H29ClN2O5. The lowest BCUT2D eigenvalue weighted by molar-refractivity contribution is -0.139. The molecule has 37 heavy (non-hydrogen) atoms. The van der Waals surface area contributed by atoms with Crippen molar-refractivity contribution in [2.24, 2.45) is 0 Å². The summed E-state index contributed by atoms with van der Waals surface area (Å²) < 4.78 is 11.5. The molecule has 2 aliphatic heterocycles. The largest absolute Gasteiger partial charge is 0.487 e. The summed E-state index contributed by atoms with van der Waals surface area (Å²) in [5.74, 6) is 0.152. The second-order valence-electron chi connectivity index (χ2n) is 9.41. The maximum absolute atomic E-state index is 11.2. The van der Waals surface area contributed by atoms with Crippen LogP contribution in [0.5, 0.6) is 11.5 Å². The van der Waals surface area contributed by atoms with Gasteiger partial charge in [0, 0.05) is 42.0 Å². The minimum atomic E-state index is -1.03. The number of rotatable bonds is 7. The minimum absolute atomic E-state index is 0.352. The summed E-state index contributed by atoms with van der Waals surface area (Å²) in [5.41, 5.74) is 3.78. The summed E-state index contributed by atoms with van der Waals surface area (Å²) >= 11 is 6.01. The van der Waals surface area contributed by atoms with Crippen molar-refractivity contribution in [2.75, 3.05) is 26.2 Å². The molecule has 2 N–H and O–H groups in total. The lowest BCUT2D eigenvalue weighted by atomic mass is 9.84. The highest BCUT2D eigenvalue weighted by Gasteiger charge is 2.33. The zero-order chi connectivity index (χ0) is 25.8. The van der Waals surface area contributed by atoms with Crippen LogP contribution < -0.4 is 9.47 Å². The van der Waals surface area contributed by atoms with Crippen molar-refractivity contribution in [1.82, 2.24) is 9.88 Å². The van der Waals surface area contributed by atoms with E-state index in [9.17, 15) is 9.90 Å². The summed E-state index contributed by atoms with van der Waals surface area (Å²) in [5, 5.41) is 20.8. The van der Waals surface area contributed by atoms with Crippen LogP contribution >= 0.6 is 11.6 Å². The number of aliphatic carboxylic acids is 1. The Morgan fingerprint density at radius 1 is 1.14 bits per heavy atom. The van der Waals surface area contributed by atoms with Crippen molar-refractivity contribution < 1.29 is 24.5 Å². The molecule has 0 bridgehead atoms. The van der Waals surface area contributed by atoms with Crippen molar-refractivity contribution in [3.63, 3.8) is 0 Å². The Morgan fingerprint density at radius 2 is 1.92 bits per heavy atom. The molecule has 2 aromatic carbocycles. The lowest BCUT2D eigenvalue weighted by Gasteiger charge is -2.38. The van der Waals surface area contributed by atoms with Crippen LogP contribution in [-0.2, 0) is 17.0 Å². The van der Waals surface area contributed by atoms with E-state index in [2.05, 4.69) is 16.0 Å². The van der Waals surface area contributed by atoms with E-state index in [4.69, 9.17) is 26.2 Å². The molecule has 1 fully saturated rings. The average Bonchev–Trinajstić information content (AvgIpc) is 3.06. The van der Waals surface area contributed by atoms with Crippen LogP contribution in [0.2, 0.25) is 5.02 Å². The Kier molecular flexibility index (Phi) is 7.46. The first kappa shape index (κ1) is 25.3. The average molecular weight is 521 g/mol. The first-order valence-corrected chi connectivity index (χ1v) is 12.8. The molecular weight excluding hydrogens is 492 g/mol. The zero-order valence-electron chi connectivity index (χ0n) is 20.4. The summed E-state index contributed by atoms with van der Waals surface area (Å²) in [7, 11) is 0. The Balaban J connectivity index is 1.32. The number of hydrogen-bond donors (Lipinski definition) is 2. The number of nitrogens with zero attached hydrogens (tertiary/aromatic N) is 2. The van der Waals surface area contributed by atoms with Crippen LogP contribution in [0, 0.1) is 0 Å². The summed E-state index contributed by atoms with van der Waals surface area (Å²) in [4.78, 5) is 17.9. The Hall–Kier alpha value is -3.39. The predicted molar refractivity (Wildman–Crippen MR) is 141 cm³/mol. The van der Waals surface area contributed by atoms with Gasteiger partial charge in [0.15, 0.2) is 6.61 Å². The highest BCUT2D eigenvalue weighted by atomic mass is 35.5. The first-order chi connectivity index (χ1) is 17.9. The number of aromatic nitrogens is 1. The standard InChI is InChI=1S/C29H29ClN2O5/c30-21-7-5-20(6-8-21)29(35)11-15-32(16-12-29)14-2-4-23-24-3-1-13-31-26(24)18-37-27-10-9-22(17-25(23)27)36-19-28(33)34/h1,3-10,13,17,35H,2,11-12,14-16,18-19H2,(H,33,34)/b23-4+. The van der Waals surface area contributed by atoms with E-state index in [1.165, 1.54) is 0 Å². The summed E-state index contributed by atoms with van der Waals surface area (Å²) in [6.07, 6.45) is 6.07. The number of carbonyl (C=O) groups is 1. The number of carboxylic acids is 1. The minimum Gasteiger partial charge on any atom is -0.487 e. The van der Waals surface area contributed by atoms with Gasteiger partial charge in [-0.25, -0.2) is 4.79 Å². The van der Waals surface area contributed by atoms with Crippen LogP contribution in [0.1, 0.15) is 41.6 Å². The van der Waals surface area contributed by atoms with E-state index in [-0.39, 0.29) is 0 Å². The molecule has 0 atom stereocenters. The summed E-state index contributed by atoms with van der Waals surface area (Å²) in [6.45, 7) is 2.39. The van der Waals surface area contributed by atoms with Crippen molar-refractivity contribution in [1.29, 1.82) is 0 Å². The second-order valence-corrected chi connectivity index (χ2v) is 9.85. The van der Waals surface area contributed by atoms with Crippen LogP contribution in [-0.4, -0.2) is 52.3 Å². The van der Waals surface area contributed by atoms with Gasteiger partial charge in [0.05, 0.1) is 11.3 Å². The van der Waals surface area contributed by atoms with Gasteiger partial charge in [-0.05, 0) is 66.8 Å². The van der Waals surface area contributed by atoms with Crippen LogP contribution in [0.3, 0.4) is 0 Å². The Labute approximate surface area is 220 Å². The number of pyridine rings is 1. The molecule has 3 aromatic rings. The van der Waals surface area contributed by atoms with E-state index in [0.29, 0.717) is 36.0 Å². The summed E-state index contributed by atoms with van der Waals surface area (Å²) in [6, 6.07) is 16.8. The fourth-order valence-corrected chi connectivity index (χ4v) is 5.10. The van der Waals surface area contributed by atoms with Gasteiger partial charge in [0.2, 0.25) is 0 Å². The maximum Gasteiger partial charge on any atom is 0.341 e. The third-order valence-corrected chi connectivity index (χ3v) is 7.26. The number of piperidine rings is 1. The smallest absolute Gasteiger partial charge is 0.341 e. The van der Waals surface area contributed by atoms with Crippen LogP contribution in [0.4, 0.5) is 0 Å². The topological polar surface area (TPSA) is 92.1 Å². The molecule has 0 radical (unpaired) electrons. The molecule has 7 nitrogen and oxygen atoms in total. The molecule has 8 heteroatoms. The van der Waals surface area contributed by atoms with E-state index in [1.807, 2.05) is 48.5 Å². The van der Waals surface area contributed by atoms with Gasteiger partial charge in [0.25, 0.3) is 0 Å². The van der Waals surface area contributed by atoms with Gasteiger partial charge in [-0.15, -0.1) is 0 Å². The SMILES string of the molecule is O=C(O)COc1ccc2c(c1)/C(=C/CCN1CCC(O)(c3ccc(Cl)cc3)CC1)c1cccnc1CO2. The molecule has 2 aliphatic rings. The van der Waals surface area contributed by atoms with Gasteiger partial charge in [-0.3, -0.25) is 4.98 Å². The number of aliphatic hydroxyl groups is 1. The van der Waals surface area contributed by atoms with Gasteiger partial charge >= 0.3 is 5.97 Å².